The summed E-state index contributed by atoms with van der Waals surface area (Å²) < 4.78 is 28.1. The molecule has 1 heterocycles. The monoisotopic (exact) mass is 325 g/mol. The van der Waals surface area contributed by atoms with Crippen LogP contribution in [-0.2, 0) is 6.42 Å². The summed E-state index contributed by atoms with van der Waals surface area (Å²) in [6.45, 7) is 1.49. The molecule has 1 aromatic heterocycles. The van der Waals surface area contributed by atoms with Gasteiger partial charge in [-0.3, -0.25) is 9.78 Å². The standard InChI is InChI=1S/C14H10BrF2NO/c1-8-2-5-11(16)13(14(8)17)12(19)6-10-4-3-9(15)7-18-10/h2-5,7H,6H2,1H3. The van der Waals surface area contributed by atoms with Gasteiger partial charge in [0.25, 0.3) is 0 Å². The number of Topliss-reactive ketones (excluding diaryl/α,β-unsaturated/α-hetero) is 1. The van der Waals surface area contributed by atoms with Crippen molar-refractivity contribution in [2.24, 2.45) is 0 Å². The molecule has 0 bridgehead atoms. The lowest BCUT2D eigenvalue weighted by Gasteiger charge is -2.06. The molecule has 1 aromatic carbocycles. The van der Waals surface area contributed by atoms with E-state index < -0.39 is 23.0 Å². The first-order valence-corrected chi connectivity index (χ1v) is 6.36. The Kier molecular flexibility index (Phi) is 4.04. The fourth-order valence-corrected chi connectivity index (χ4v) is 1.91. The molecule has 98 valence electrons. The summed E-state index contributed by atoms with van der Waals surface area (Å²) in [6, 6.07) is 5.76. The summed E-state index contributed by atoms with van der Waals surface area (Å²) in [7, 11) is 0. The molecule has 2 rings (SSSR count). The number of hydrogen-bond acceptors (Lipinski definition) is 2. The van der Waals surface area contributed by atoms with Crippen LogP contribution in [0.5, 0.6) is 0 Å². The molecule has 0 fully saturated rings. The van der Waals surface area contributed by atoms with Crippen molar-refractivity contribution in [1.29, 1.82) is 0 Å². The third kappa shape index (κ3) is 3.04. The van der Waals surface area contributed by atoms with E-state index in [9.17, 15) is 13.6 Å². The lowest BCUT2D eigenvalue weighted by molar-refractivity contribution is 0.0983. The zero-order chi connectivity index (χ0) is 14.0. The van der Waals surface area contributed by atoms with Crippen LogP contribution in [0.4, 0.5) is 8.78 Å². The van der Waals surface area contributed by atoms with Gasteiger partial charge in [0, 0.05) is 16.4 Å². The molecule has 19 heavy (non-hydrogen) atoms. The summed E-state index contributed by atoms with van der Waals surface area (Å²) in [4.78, 5) is 16.0. The number of carbonyl (C=O) groups is 1. The number of carbonyl (C=O) groups excluding carboxylic acids is 1. The number of hydrogen-bond donors (Lipinski definition) is 0. The zero-order valence-electron chi connectivity index (χ0n) is 10.1. The van der Waals surface area contributed by atoms with E-state index in [-0.39, 0.29) is 12.0 Å². The van der Waals surface area contributed by atoms with Crippen LogP contribution in [0.3, 0.4) is 0 Å². The molecule has 0 spiro atoms. The topological polar surface area (TPSA) is 30.0 Å². The molecule has 0 atom stereocenters. The molecule has 2 aromatic rings. The molecule has 0 aliphatic rings. The van der Waals surface area contributed by atoms with Gasteiger partial charge < -0.3 is 0 Å². The third-order valence-corrected chi connectivity index (χ3v) is 3.16. The molecule has 5 heteroatoms. The van der Waals surface area contributed by atoms with Crippen molar-refractivity contribution in [3.05, 3.63) is 63.4 Å². The summed E-state index contributed by atoms with van der Waals surface area (Å²) in [6.07, 6.45) is 1.40. The van der Waals surface area contributed by atoms with E-state index in [1.807, 2.05) is 0 Å². The van der Waals surface area contributed by atoms with Crippen LogP contribution in [0.15, 0.2) is 34.9 Å². The van der Waals surface area contributed by atoms with E-state index >= 15 is 0 Å². The fraction of sp³-hybridized carbons (Fsp3) is 0.143. The largest absolute Gasteiger partial charge is 0.294 e. The zero-order valence-corrected chi connectivity index (χ0v) is 11.7. The average molecular weight is 326 g/mol. The molecular formula is C14H10BrF2NO. The van der Waals surface area contributed by atoms with E-state index in [2.05, 4.69) is 20.9 Å². The molecule has 0 saturated carbocycles. The molecule has 0 radical (unpaired) electrons. The number of ketones is 1. The van der Waals surface area contributed by atoms with E-state index in [4.69, 9.17) is 0 Å². The Labute approximate surface area is 117 Å². The van der Waals surface area contributed by atoms with Gasteiger partial charge in [0.1, 0.15) is 11.6 Å². The maximum atomic E-state index is 13.8. The lowest BCUT2D eigenvalue weighted by atomic mass is 10.0. The Morgan fingerprint density at radius 1 is 1.26 bits per heavy atom. The minimum absolute atomic E-state index is 0.134. The molecule has 0 aliphatic heterocycles. The first-order valence-electron chi connectivity index (χ1n) is 5.57. The fourth-order valence-electron chi connectivity index (χ4n) is 1.68. The van der Waals surface area contributed by atoms with E-state index in [1.165, 1.54) is 19.2 Å². The van der Waals surface area contributed by atoms with Crippen LogP contribution in [0.1, 0.15) is 21.6 Å². The Bertz CT molecular complexity index is 626. The predicted molar refractivity (Wildman–Crippen MR) is 71.1 cm³/mol. The smallest absolute Gasteiger partial charge is 0.174 e. The van der Waals surface area contributed by atoms with Crippen LogP contribution in [-0.4, -0.2) is 10.8 Å². The molecular weight excluding hydrogens is 316 g/mol. The quantitative estimate of drug-likeness (QED) is 0.802. The van der Waals surface area contributed by atoms with E-state index in [0.717, 1.165) is 10.5 Å². The maximum absolute atomic E-state index is 13.8. The van der Waals surface area contributed by atoms with Crippen LogP contribution >= 0.6 is 15.9 Å². The van der Waals surface area contributed by atoms with Gasteiger partial charge in [-0.1, -0.05) is 6.07 Å². The molecule has 0 aliphatic carbocycles. The minimum Gasteiger partial charge on any atom is -0.294 e. The Balaban J connectivity index is 2.30. The highest BCUT2D eigenvalue weighted by molar-refractivity contribution is 9.10. The number of rotatable bonds is 3. The van der Waals surface area contributed by atoms with Crippen molar-refractivity contribution in [2.45, 2.75) is 13.3 Å². The van der Waals surface area contributed by atoms with E-state index in [1.54, 1.807) is 12.1 Å². The molecule has 0 N–H and O–H groups in total. The maximum Gasteiger partial charge on any atom is 0.174 e. The van der Waals surface area contributed by atoms with Gasteiger partial charge in [-0.2, -0.15) is 0 Å². The van der Waals surface area contributed by atoms with Crippen molar-refractivity contribution >= 4 is 21.7 Å². The van der Waals surface area contributed by atoms with Gasteiger partial charge in [-0.25, -0.2) is 8.78 Å². The second-order valence-electron chi connectivity index (χ2n) is 4.12. The van der Waals surface area contributed by atoms with Crippen LogP contribution < -0.4 is 0 Å². The number of halogens is 3. The van der Waals surface area contributed by atoms with Gasteiger partial charge in [-0.15, -0.1) is 0 Å². The van der Waals surface area contributed by atoms with Crippen LogP contribution in [0.2, 0.25) is 0 Å². The van der Waals surface area contributed by atoms with Crippen LogP contribution in [0.25, 0.3) is 0 Å². The number of pyridine rings is 1. The third-order valence-electron chi connectivity index (χ3n) is 2.69. The predicted octanol–water partition coefficient (Wildman–Crippen LogP) is 3.86. The summed E-state index contributed by atoms with van der Waals surface area (Å²) >= 11 is 3.22. The highest BCUT2D eigenvalue weighted by atomic mass is 79.9. The summed E-state index contributed by atoms with van der Waals surface area (Å²) in [5, 5.41) is 0. The molecule has 0 unspecified atom stereocenters. The van der Waals surface area contributed by atoms with Crippen molar-refractivity contribution < 1.29 is 13.6 Å². The SMILES string of the molecule is Cc1ccc(F)c(C(=O)Cc2ccc(Br)cn2)c1F. The van der Waals surface area contributed by atoms with Gasteiger partial charge in [0.15, 0.2) is 5.78 Å². The molecule has 2 nitrogen and oxygen atoms in total. The van der Waals surface area contributed by atoms with Gasteiger partial charge in [0.05, 0.1) is 12.0 Å². The lowest BCUT2D eigenvalue weighted by Crippen LogP contribution is -2.11. The van der Waals surface area contributed by atoms with Gasteiger partial charge in [0.2, 0.25) is 0 Å². The number of aryl methyl sites for hydroxylation is 1. The van der Waals surface area contributed by atoms with Gasteiger partial charge in [-0.05, 0) is 46.6 Å². The van der Waals surface area contributed by atoms with Crippen LogP contribution in [0, 0.1) is 18.6 Å². The van der Waals surface area contributed by atoms with Crippen molar-refractivity contribution in [3.63, 3.8) is 0 Å². The van der Waals surface area contributed by atoms with Crippen molar-refractivity contribution in [1.82, 2.24) is 4.98 Å². The molecule has 0 saturated heterocycles. The van der Waals surface area contributed by atoms with E-state index in [0.29, 0.717) is 5.69 Å². The Morgan fingerprint density at radius 3 is 2.63 bits per heavy atom. The van der Waals surface area contributed by atoms with Crippen molar-refractivity contribution in [3.8, 4) is 0 Å². The Hall–Kier alpha value is -1.62. The second kappa shape index (κ2) is 5.57. The highest BCUT2D eigenvalue weighted by Gasteiger charge is 2.19. The first-order chi connectivity index (χ1) is 8.99. The first kappa shape index (κ1) is 13.8. The second-order valence-corrected chi connectivity index (χ2v) is 5.04. The minimum atomic E-state index is -0.842. The number of nitrogens with zero attached hydrogens (tertiary/aromatic N) is 1. The normalized spacial score (nSPS) is 10.5. The number of aromatic nitrogens is 1. The van der Waals surface area contributed by atoms with Crippen molar-refractivity contribution in [2.75, 3.05) is 0 Å². The number of benzene rings is 1. The van der Waals surface area contributed by atoms with Gasteiger partial charge >= 0.3 is 0 Å². The Morgan fingerprint density at radius 2 is 2.00 bits per heavy atom. The summed E-state index contributed by atoms with van der Waals surface area (Å²) in [5.41, 5.74) is 0.215. The highest BCUT2D eigenvalue weighted by Crippen LogP contribution is 2.18. The summed E-state index contributed by atoms with van der Waals surface area (Å²) in [5.74, 6) is -2.26. The molecule has 0 amide bonds. The average Bonchev–Trinajstić information content (AvgIpc) is 2.37.